The Labute approximate surface area is 422 Å². The van der Waals surface area contributed by atoms with E-state index in [-0.39, 0.29) is 0 Å². The monoisotopic (exact) mass is 915 g/mol. The zero-order chi connectivity index (χ0) is 47.8. The van der Waals surface area contributed by atoms with Crippen LogP contribution < -0.4 is 4.90 Å². The van der Waals surface area contributed by atoms with E-state index in [1.807, 2.05) is 0 Å². The second-order valence-electron chi connectivity index (χ2n) is 18.7. The molecule has 13 rings (SSSR count). The summed E-state index contributed by atoms with van der Waals surface area (Å²) in [5, 5.41) is 2.40. The number of nitrogens with zero attached hydrogens (tertiary/aromatic N) is 1. The van der Waals surface area contributed by atoms with Gasteiger partial charge in [0.05, 0.1) is 16.8 Å². The molecule has 0 saturated heterocycles. The Kier molecular flexibility index (Phi) is 10.8. The normalized spacial score (nSPS) is 12.3. The summed E-state index contributed by atoms with van der Waals surface area (Å²) in [7, 11) is 0. The minimum absolute atomic E-state index is 0.448. The number of fused-ring (bicyclic) bond motifs is 4. The van der Waals surface area contributed by atoms with Gasteiger partial charge in [0.15, 0.2) is 0 Å². The van der Waals surface area contributed by atoms with E-state index in [9.17, 15) is 0 Å². The average Bonchev–Trinajstić information content (AvgIpc) is 3.78. The molecule has 0 heterocycles. The first-order valence-electron chi connectivity index (χ1n) is 24.9. The lowest BCUT2D eigenvalue weighted by atomic mass is 9.67. The van der Waals surface area contributed by atoms with Crippen LogP contribution in [0.25, 0.3) is 77.5 Å². The fraction of sp³-hybridized carbons (Fsp3) is 0.0141. The van der Waals surface area contributed by atoms with Crippen molar-refractivity contribution in [1.29, 1.82) is 0 Å². The molecule has 0 saturated carbocycles. The van der Waals surface area contributed by atoms with Gasteiger partial charge in [0.1, 0.15) is 0 Å². The number of benzene rings is 12. The summed E-state index contributed by atoms with van der Waals surface area (Å²) >= 11 is 0. The van der Waals surface area contributed by atoms with Crippen molar-refractivity contribution in [2.24, 2.45) is 0 Å². The van der Waals surface area contributed by atoms with Crippen LogP contribution in [0, 0.1) is 0 Å². The highest BCUT2D eigenvalue weighted by Gasteiger charge is 2.46. The van der Waals surface area contributed by atoms with Crippen molar-refractivity contribution in [3.63, 3.8) is 0 Å². The Balaban J connectivity index is 0.940. The van der Waals surface area contributed by atoms with Gasteiger partial charge in [-0.3, -0.25) is 0 Å². The van der Waals surface area contributed by atoms with E-state index in [0.29, 0.717) is 0 Å². The number of para-hydroxylation sites is 1. The molecule has 0 spiro atoms. The van der Waals surface area contributed by atoms with Crippen molar-refractivity contribution < 1.29 is 0 Å². The van der Waals surface area contributed by atoms with Crippen LogP contribution in [0.15, 0.2) is 297 Å². The third-order valence-corrected chi connectivity index (χ3v) is 14.8. The maximum Gasteiger partial charge on any atom is 0.0713 e. The lowest BCUT2D eigenvalue weighted by molar-refractivity contribution is 0.768. The van der Waals surface area contributed by atoms with E-state index >= 15 is 0 Å². The second kappa shape index (κ2) is 18.2. The summed E-state index contributed by atoms with van der Waals surface area (Å²) in [5.74, 6) is 0. The molecule has 0 radical (unpaired) electrons. The highest BCUT2D eigenvalue weighted by molar-refractivity contribution is 6.07. The maximum absolute atomic E-state index is 2.45. The fourth-order valence-electron chi connectivity index (χ4n) is 11.5. The summed E-state index contributed by atoms with van der Waals surface area (Å²) in [4.78, 5) is 2.45. The molecule has 12 aromatic rings. The first-order chi connectivity index (χ1) is 35.7. The third-order valence-electron chi connectivity index (χ3n) is 14.8. The van der Waals surface area contributed by atoms with Crippen LogP contribution in [0.3, 0.4) is 0 Å². The van der Waals surface area contributed by atoms with Crippen molar-refractivity contribution >= 4 is 27.8 Å². The summed E-state index contributed by atoms with van der Waals surface area (Å²) in [6.07, 6.45) is 0. The molecule has 338 valence electrons. The number of rotatable bonds is 10. The van der Waals surface area contributed by atoms with Crippen molar-refractivity contribution in [3.05, 3.63) is 320 Å². The molecular weight excluding hydrogens is 867 g/mol. The third kappa shape index (κ3) is 7.25. The largest absolute Gasteiger partial charge is 0.309 e. The molecule has 0 amide bonds. The molecule has 0 unspecified atom stereocenters. The lowest BCUT2D eigenvalue weighted by Crippen LogP contribution is -2.28. The smallest absolute Gasteiger partial charge is 0.0713 e. The minimum Gasteiger partial charge on any atom is -0.309 e. The molecule has 0 aromatic heterocycles. The van der Waals surface area contributed by atoms with Crippen LogP contribution in [0.2, 0.25) is 0 Å². The average molecular weight is 916 g/mol. The Morgan fingerprint density at radius 1 is 0.236 bits per heavy atom. The zero-order valence-corrected chi connectivity index (χ0v) is 39.7. The molecule has 72 heavy (non-hydrogen) atoms. The molecule has 0 fully saturated rings. The molecule has 0 atom stereocenters. The van der Waals surface area contributed by atoms with E-state index in [0.717, 1.165) is 33.8 Å². The Morgan fingerprint density at radius 3 is 1.40 bits per heavy atom. The SMILES string of the molecule is c1ccc(-c2ccc(N(c3ccccc3)c3ccc(-c4ccccc4)c4ccccc34)c(-c3cccc(-c4ccc(-c5cccc6c5-c5ccccc5C6(c5ccccc5)c5ccccc5)cc4)c3)c2)cc1. The molecule has 1 heteroatoms. The topological polar surface area (TPSA) is 3.24 Å². The van der Waals surface area contributed by atoms with E-state index in [2.05, 4.69) is 302 Å². The number of anilines is 3. The summed E-state index contributed by atoms with van der Waals surface area (Å²) < 4.78 is 0. The van der Waals surface area contributed by atoms with Crippen LogP contribution in [0.4, 0.5) is 17.1 Å². The molecule has 1 aliphatic rings. The number of hydrogen-bond donors (Lipinski definition) is 0. The van der Waals surface area contributed by atoms with Gasteiger partial charge in [0.2, 0.25) is 0 Å². The molecule has 0 N–H and O–H groups in total. The first-order valence-corrected chi connectivity index (χ1v) is 24.9. The van der Waals surface area contributed by atoms with E-state index < -0.39 is 5.41 Å². The van der Waals surface area contributed by atoms with Crippen LogP contribution in [-0.2, 0) is 5.41 Å². The molecule has 1 aliphatic carbocycles. The van der Waals surface area contributed by atoms with Gasteiger partial charge in [-0.15, -0.1) is 0 Å². The van der Waals surface area contributed by atoms with Crippen LogP contribution in [-0.4, -0.2) is 0 Å². The predicted molar refractivity (Wildman–Crippen MR) is 303 cm³/mol. The van der Waals surface area contributed by atoms with E-state index in [1.165, 1.54) is 83.1 Å². The quantitative estimate of drug-likeness (QED) is 0.132. The summed E-state index contributed by atoms with van der Waals surface area (Å²) in [6, 6.07) is 109. The first kappa shape index (κ1) is 42.8. The molecule has 0 aliphatic heterocycles. The fourth-order valence-corrected chi connectivity index (χ4v) is 11.5. The van der Waals surface area contributed by atoms with Crippen LogP contribution in [0.1, 0.15) is 22.3 Å². The number of hydrogen-bond acceptors (Lipinski definition) is 1. The highest BCUT2D eigenvalue weighted by Crippen LogP contribution is 2.58. The van der Waals surface area contributed by atoms with Gasteiger partial charge in [-0.1, -0.05) is 261 Å². The standard InChI is InChI=1S/C71H49N/c1-6-22-50(23-7-1)55-44-46-69(72(59-32-14-5-15-33-59)68-47-45-60(52-24-8-2-9-25-52)62-34-16-17-35-63(62)68)65(49-55)56-27-20-26-54(48-56)51-40-42-53(43-41-51)61-37-21-39-67-70(61)64-36-18-19-38-66(64)71(67,57-28-10-3-11-29-57)58-30-12-4-13-31-58/h1-49H. The van der Waals surface area contributed by atoms with E-state index in [4.69, 9.17) is 0 Å². The summed E-state index contributed by atoms with van der Waals surface area (Å²) in [6.45, 7) is 0. The van der Waals surface area contributed by atoms with Gasteiger partial charge in [-0.2, -0.15) is 0 Å². The van der Waals surface area contributed by atoms with Crippen LogP contribution >= 0.6 is 0 Å². The van der Waals surface area contributed by atoms with Gasteiger partial charge in [-0.25, -0.2) is 0 Å². The minimum atomic E-state index is -0.448. The zero-order valence-electron chi connectivity index (χ0n) is 39.7. The van der Waals surface area contributed by atoms with Crippen molar-refractivity contribution in [1.82, 2.24) is 0 Å². The maximum atomic E-state index is 2.45. The van der Waals surface area contributed by atoms with Gasteiger partial charge in [-0.05, 0) is 125 Å². The van der Waals surface area contributed by atoms with E-state index in [1.54, 1.807) is 0 Å². The molecule has 1 nitrogen and oxygen atoms in total. The lowest BCUT2D eigenvalue weighted by Gasteiger charge is -2.34. The van der Waals surface area contributed by atoms with Crippen molar-refractivity contribution in [2.45, 2.75) is 5.41 Å². The Morgan fingerprint density at radius 2 is 0.694 bits per heavy atom. The Bertz CT molecular complexity index is 3840. The molecular formula is C71H49N. The predicted octanol–water partition coefficient (Wildman–Crippen LogP) is 19.0. The van der Waals surface area contributed by atoms with Gasteiger partial charge in [0, 0.05) is 16.6 Å². The molecule has 0 bridgehead atoms. The van der Waals surface area contributed by atoms with Crippen LogP contribution in [0.5, 0.6) is 0 Å². The highest BCUT2D eigenvalue weighted by atomic mass is 15.1. The van der Waals surface area contributed by atoms with Gasteiger partial charge < -0.3 is 4.90 Å². The van der Waals surface area contributed by atoms with Gasteiger partial charge >= 0.3 is 0 Å². The molecule has 12 aromatic carbocycles. The summed E-state index contributed by atoms with van der Waals surface area (Å²) in [5.41, 5.74) is 22.4. The van der Waals surface area contributed by atoms with Crippen molar-refractivity contribution in [2.75, 3.05) is 4.90 Å². The Hall–Kier alpha value is -9.30. The van der Waals surface area contributed by atoms with Gasteiger partial charge in [0.25, 0.3) is 0 Å². The van der Waals surface area contributed by atoms with Crippen molar-refractivity contribution in [3.8, 4) is 66.8 Å². The second-order valence-corrected chi connectivity index (χ2v) is 18.7.